The fourth-order valence-corrected chi connectivity index (χ4v) is 2.93. The van der Waals surface area contributed by atoms with Crippen LogP contribution in [0.1, 0.15) is 21.5 Å². The quantitative estimate of drug-likeness (QED) is 0.774. The van der Waals surface area contributed by atoms with Gasteiger partial charge in [-0.05, 0) is 0 Å². The van der Waals surface area contributed by atoms with Crippen LogP contribution in [0.3, 0.4) is 0 Å². The second-order valence-corrected chi connectivity index (χ2v) is 5.99. The van der Waals surface area contributed by atoms with E-state index in [0.29, 0.717) is 5.56 Å². The molecule has 0 radical (unpaired) electrons. The van der Waals surface area contributed by atoms with E-state index >= 15 is 0 Å². The van der Waals surface area contributed by atoms with Crippen molar-refractivity contribution in [2.24, 2.45) is 5.10 Å². The van der Waals surface area contributed by atoms with Crippen molar-refractivity contribution in [1.29, 1.82) is 0 Å². The van der Waals surface area contributed by atoms with E-state index in [-0.39, 0.29) is 5.56 Å². The summed E-state index contributed by atoms with van der Waals surface area (Å²) in [6.45, 7) is 4.81. The molecule has 1 aliphatic heterocycles. The van der Waals surface area contributed by atoms with E-state index < -0.39 is 5.97 Å². The molecule has 3 rings (SSSR count). The van der Waals surface area contributed by atoms with E-state index in [1.165, 1.54) is 5.56 Å². The lowest BCUT2D eigenvalue weighted by Gasteiger charge is -2.30. The Morgan fingerprint density at radius 1 is 1.08 bits per heavy atom. The van der Waals surface area contributed by atoms with Gasteiger partial charge in [0, 0.05) is 16.7 Å². The number of hydrogen-bond acceptors (Lipinski definition) is 4. The molecule has 0 aromatic heterocycles. The van der Waals surface area contributed by atoms with Gasteiger partial charge >= 0.3 is 0 Å². The van der Waals surface area contributed by atoms with Crippen molar-refractivity contribution in [3.8, 4) is 0 Å². The number of carboxylic acid groups (broad SMARTS) is 1. The number of hydrazone groups is 1. The van der Waals surface area contributed by atoms with Gasteiger partial charge in [-0.1, -0.05) is 54.6 Å². The molecule has 0 bridgehead atoms. The number of carbonyl (C=O) groups is 1. The topological polar surface area (TPSA) is 60.2 Å². The zero-order valence-corrected chi connectivity index (χ0v) is 13.5. The van der Waals surface area contributed by atoms with Crippen LogP contribution in [-0.4, -0.2) is 43.4 Å². The Bertz CT molecular complexity index is 708. The van der Waals surface area contributed by atoms with Gasteiger partial charge in [0.1, 0.15) is 6.54 Å². The van der Waals surface area contributed by atoms with E-state index in [4.69, 9.17) is 0 Å². The Labute approximate surface area is 141 Å². The average Bonchev–Trinajstić information content (AvgIpc) is 2.62. The third-order valence-electron chi connectivity index (χ3n) is 4.28. The molecule has 2 aromatic rings. The molecular weight excluding hydrogens is 302 g/mol. The molecule has 0 saturated carbocycles. The van der Waals surface area contributed by atoms with Gasteiger partial charge in [0.05, 0.1) is 38.4 Å². The van der Waals surface area contributed by atoms with Crippen molar-refractivity contribution in [2.45, 2.75) is 6.54 Å². The number of nitrogens with zero attached hydrogens (tertiary/aromatic N) is 2. The molecule has 1 saturated heterocycles. The first-order chi connectivity index (χ1) is 11.7. The molecule has 0 atom stereocenters. The van der Waals surface area contributed by atoms with Gasteiger partial charge in [-0.25, -0.2) is 0 Å². The maximum Gasteiger partial charge on any atom is 0.103 e. The van der Waals surface area contributed by atoms with E-state index in [1.807, 2.05) is 11.1 Å². The number of piperazine rings is 1. The summed E-state index contributed by atoms with van der Waals surface area (Å²) < 4.78 is 0. The Hall–Kier alpha value is -2.66. The number of carboxylic acids is 1. The van der Waals surface area contributed by atoms with E-state index in [1.54, 1.807) is 35.4 Å². The maximum absolute atomic E-state index is 11.1. The monoisotopic (exact) mass is 323 g/mol. The highest BCUT2D eigenvalue weighted by atomic mass is 16.4. The molecule has 5 heteroatoms. The summed E-state index contributed by atoms with van der Waals surface area (Å²) in [6.07, 6.45) is 1.62. The second kappa shape index (κ2) is 7.75. The predicted octanol–water partition coefficient (Wildman–Crippen LogP) is -0.215. The zero-order valence-electron chi connectivity index (χ0n) is 13.5. The largest absolute Gasteiger partial charge is 0.545 e. The summed E-state index contributed by atoms with van der Waals surface area (Å²) in [4.78, 5) is 12.6. The Kier molecular flexibility index (Phi) is 5.23. The van der Waals surface area contributed by atoms with Crippen LogP contribution in [-0.2, 0) is 6.54 Å². The first-order valence-electron chi connectivity index (χ1n) is 8.19. The number of hydrogen-bond donors (Lipinski definition) is 1. The Balaban J connectivity index is 1.55. The molecule has 0 spiro atoms. The minimum Gasteiger partial charge on any atom is -0.545 e. The highest BCUT2D eigenvalue weighted by molar-refractivity contribution is 5.97. The normalized spacial score (nSPS) is 15.8. The summed E-state index contributed by atoms with van der Waals surface area (Å²) in [5, 5.41) is 17.5. The van der Waals surface area contributed by atoms with Gasteiger partial charge in [0.15, 0.2) is 0 Å². The second-order valence-electron chi connectivity index (χ2n) is 5.99. The summed E-state index contributed by atoms with van der Waals surface area (Å²) in [7, 11) is 0. The molecule has 1 N–H and O–H groups in total. The molecule has 0 amide bonds. The number of carbonyl (C=O) groups excluding carboxylic acids is 1. The van der Waals surface area contributed by atoms with Crippen LogP contribution in [0.15, 0.2) is 59.7 Å². The SMILES string of the molecule is O=C([O-])c1ccccc1C=NN1CC[NH+](Cc2ccccc2)CC1. The fourth-order valence-electron chi connectivity index (χ4n) is 2.93. The van der Waals surface area contributed by atoms with E-state index in [2.05, 4.69) is 29.4 Å². The Morgan fingerprint density at radius 3 is 2.46 bits per heavy atom. The first-order valence-corrected chi connectivity index (χ1v) is 8.19. The molecule has 24 heavy (non-hydrogen) atoms. The zero-order chi connectivity index (χ0) is 16.8. The van der Waals surface area contributed by atoms with Crippen LogP contribution in [0.25, 0.3) is 0 Å². The smallest absolute Gasteiger partial charge is 0.103 e. The Morgan fingerprint density at radius 2 is 1.75 bits per heavy atom. The van der Waals surface area contributed by atoms with Crippen LogP contribution >= 0.6 is 0 Å². The molecule has 1 heterocycles. The molecule has 1 aliphatic rings. The predicted molar refractivity (Wildman–Crippen MR) is 90.8 cm³/mol. The fraction of sp³-hybridized carbons (Fsp3) is 0.263. The average molecular weight is 323 g/mol. The van der Waals surface area contributed by atoms with Crippen LogP contribution in [0.5, 0.6) is 0 Å². The molecule has 124 valence electrons. The maximum atomic E-state index is 11.1. The minimum atomic E-state index is -1.17. The lowest BCUT2D eigenvalue weighted by molar-refractivity contribution is -0.918. The number of aromatic carboxylic acids is 1. The van der Waals surface area contributed by atoms with Gasteiger partial charge in [-0.3, -0.25) is 5.01 Å². The molecule has 0 aliphatic carbocycles. The van der Waals surface area contributed by atoms with Crippen LogP contribution in [0, 0.1) is 0 Å². The van der Waals surface area contributed by atoms with Crippen molar-refractivity contribution >= 4 is 12.2 Å². The molecule has 2 aromatic carbocycles. The number of benzene rings is 2. The lowest BCUT2D eigenvalue weighted by Crippen LogP contribution is -3.13. The molecule has 0 unspecified atom stereocenters. The third-order valence-corrected chi connectivity index (χ3v) is 4.28. The minimum absolute atomic E-state index is 0.176. The van der Waals surface area contributed by atoms with Crippen molar-refractivity contribution in [2.75, 3.05) is 26.2 Å². The third kappa shape index (κ3) is 4.20. The molecule has 5 nitrogen and oxygen atoms in total. The van der Waals surface area contributed by atoms with Crippen molar-refractivity contribution in [1.82, 2.24) is 5.01 Å². The summed E-state index contributed by atoms with van der Waals surface area (Å²) in [5.41, 5.74) is 2.11. The summed E-state index contributed by atoms with van der Waals surface area (Å²) in [5.74, 6) is -1.17. The standard InChI is InChI=1S/C19H21N3O2/c23-19(24)18-9-5-4-8-17(18)14-20-22-12-10-21(11-13-22)15-16-6-2-1-3-7-16/h1-9,14H,10-13,15H2,(H,23,24). The van der Waals surface area contributed by atoms with Crippen LogP contribution in [0.2, 0.25) is 0 Å². The summed E-state index contributed by atoms with van der Waals surface area (Å²) in [6, 6.07) is 17.3. The first kappa shape index (κ1) is 16.2. The van der Waals surface area contributed by atoms with Crippen molar-refractivity contribution < 1.29 is 14.8 Å². The number of nitrogens with one attached hydrogen (secondary N) is 1. The van der Waals surface area contributed by atoms with Gasteiger partial charge in [-0.2, -0.15) is 5.10 Å². The lowest BCUT2D eigenvalue weighted by atomic mass is 10.1. The van der Waals surface area contributed by atoms with Crippen molar-refractivity contribution in [3.05, 3.63) is 71.3 Å². The van der Waals surface area contributed by atoms with Gasteiger partial charge in [0.25, 0.3) is 0 Å². The highest BCUT2D eigenvalue weighted by Crippen LogP contribution is 2.05. The highest BCUT2D eigenvalue weighted by Gasteiger charge is 2.18. The van der Waals surface area contributed by atoms with Crippen LogP contribution in [0.4, 0.5) is 0 Å². The van der Waals surface area contributed by atoms with Gasteiger partial charge < -0.3 is 14.8 Å². The van der Waals surface area contributed by atoms with Crippen LogP contribution < -0.4 is 10.0 Å². The molecule has 1 fully saturated rings. The number of quaternary nitrogens is 1. The van der Waals surface area contributed by atoms with E-state index in [9.17, 15) is 9.90 Å². The van der Waals surface area contributed by atoms with Gasteiger partial charge in [0.2, 0.25) is 0 Å². The summed E-state index contributed by atoms with van der Waals surface area (Å²) >= 11 is 0. The van der Waals surface area contributed by atoms with E-state index in [0.717, 1.165) is 32.7 Å². The molecular formula is C19H21N3O2. The van der Waals surface area contributed by atoms with Gasteiger partial charge in [-0.15, -0.1) is 0 Å². The number of rotatable bonds is 5. The van der Waals surface area contributed by atoms with Crippen molar-refractivity contribution in [3.63, 3.8) is 0 Å².